The van der Waals surface area contributed by atoms with Gasteiger partial charge < -0.3 is 19.9 Å². The first-order valence-electron chi connectivity index (χ1n) is 10.7. The molecular formula is C22H36N4O2. The number of rotatable bonds is 8. The first-order valence-corrected chi connectivity index (χ1v) is 10.7. The van der Waals surface area contributed by atoms with E-state index in [1.165, 1.54) is 0 Å². The molecule has 0 bridgehead atoms. The Labute approximate surface area is 170 Å². The van der Waals surface area contributed by atoms with Gasteiger partial charge in [0.1, 0.15) is 0 Å². The van der Waals surface area contributed by atoms with Crippen molar-refractivity contribution in [3.05, 3.63) is 35.4 Å². The lowest BCUT2D eigenvalue weighted by atomic mass is 10.1. The zero-order valence-electron chi connectivity index (χ0n) is 17.9. The minimum atomic E-state index is 0.0885. The van der Waals surface area contributed by atoms with E-state index in [1.807, 2.05) is 43.0 Å². The third-order valence-corrected chi connectivity index (χ3v) is 5.14. The molecule has 1 fully saturated rings. The summed E-state index contributed by atoms with van der Waals surface area (Å²) >= 11 is 0. The highest BCUT2D eigenvalue weighted by Crippen LogP contribution is 2.14. The van der Waals surface area contributed by atoms with Crippen molar-refractivity contribution in [2.45, 2.75) is 53.2 Å². The third-order valence-electron chi connectivity index (χ3n) is 5.14. The van der Waals surface area contributed by atoms with Crippen molar-refractivity contribution in [1.82, 2.24) is 15.1 Å². The monoisotopic (exact) mass is 388 g/mol. The molecule has 1 aliphatic rings. The van der Waals surface area contributed by atoms with Crippen LogP contribution in [0.25, 0.3) is 0 Å². The second-order valence-corrected chi connectivity index (χ2v) is 6.99. The van der Waals surface area contributed by atoms with Gasteiger partial charge in [-0.05, 0) is 58.2 Å². The molecule has 1 aromatic carbocycles. The Morgan fingerprint density at radius 3 is 2.32 bits per heavy atom. The van der Waals surface area contributed by atoms with Crippen LogP contribution in [-0.2, 0) is 11.3 Å². The first-order chi connectivity index (χ1) is 13.6. The van der Waals surface area contributed by atoms with Crippen molar-refractivity contribution >= 4 is 11.9 Å². The van der Waals surface area contributed by atoms with Crippen LogP contribution in [0.1, 0.15) is 56.5 Å². The number of likely N-dealkylation sites (tertiary alicyclic amines) is 1. The van der Waals surface area contributed by atoms with Crippen LogP contribution in [0, 0.1) is 0 Å². The molecule has 28 heavy (non-hydrogen) atoms. The number of piperidine rings is 1. The molecule has 0 saturated carbocycles. The summed E-state index contributed by atoms with van der Waals surface area (Å²) in [5, 5.41) is 3.40. The normalized spacial score (nSPS) is 15.6. The number of guanidine groups is 1. The summed E-state index contributed by atoms with van der Waals surface area (Å²) in [5.41, 5.74) is 1.84. The molecule has 0 spiro atoms. The summed E-state index contributed by atoms with van der Waals surface area (Å²) in [6.45, 7) is 13.8. The van der Waals surface area contributed by atoms with Gasteiger partial charge in [0.2, 0.25) is 0 Å². The molecule has 0 atom stereocenters. The molecule has 6 nitrogen and oxygen atoms in total. The number of carbonyl (C=O) groups excluding carboxylic acids is 1. The molecule has 0 aliphatic carbocycles. The van der Waals surface area contributed by atoms with Crippen molar-refractivity contribution in [3.8, 4) is 0 Å². The Kier molecular flexibility index (Phi) is 9.28. The van der Waals surface area contributed by atoms with Gasteiger partial charge >= 0.3 is 0 Å². The quantitative estimate of drug-likeness (QED) is 0.549. The van der Waals surface area contributed by atoms with E-state index in [0.717, 1.165) is 69.3 Å². The Morgan fingerprint density at radius 2 is 1.79 bits per heavy atom. The Hall–Kier alpha value is -2.08. The topological polar surface area (TPSA) is 57.2 Å². The van der Waals surface area contributed by atoms with E-state index in [-0.39, 0.29) is 5.91 Å². The number of nitrogens with one attached hydrogen (secondary N) is 1. The standard InChI is InChI=1S/C22H36N4O2/c1-5-23-22(26-15-13-20(14-16-26)28-8-4)24-17-18-9-11-19(12-10-18)21(27)25(6-2)7-3/h9-12,20H,5-8,13-17H2,1-4H3,(H,23,24). The number of nitrogens with zero attached hydrogens (tertiary/aromatic N) is 3. The molecule has 0 radical (unpaired) electrons. The van der Waals surface area contributed by atoms with Crippen LogP contribution in [0.3, 0.4) is 0 Å². The number of benzene rings is 1. The summed E-state index contributed by atoms with van der Waals surface area (Å²) in [4.78, 5) is 21.4. The Morgan fingerprint density at radius 1 is 1.14 bits per heavy atom. The molecule has 6 heteroatoms. The minimum absolute atomic E-state index is 0.0885. The number of ether oxygens (including phenoxy) is 1. The zero-order chi connectivity index (χ0) is 20.4. The Balaban J connectivity index is 1.98. The van der Waals surface area contributed by atoms with Gasteiger partial charge in [-0.3, -0.25) is 4.79 Å². The van der Waals surface area contributed by atoms with E-state index >= 15 is 0 Å². The maximum Gasteiger partial charge on any atom is 0.253 e. The van der Waals surface area contributed by atoms with Gasteiger partial charge in [-0.15, -0.1) is 0 Å². The second kappa shape index (κ2) is 11.7. The highest BCUT2D eigenvalue weighted by atomic mass is 16.5. The lowest BCUT2D eigenvalue weighted by Crippen LogP contribution is -2.47. The maximum atomic E-state index is 12.4. The number of carbonyl (C=O) groups is 1. The lowest BCUT2D eigenvalue weighted by molar-refractivity contribution is 0.0263. The molecule has 1 aromatic rings. The highest BCUT2D eigenvalue weighted by molar-refractivity contribution is 5.94. The molecule has 0 aromatic heterocycles. The highest BCUT2D eigenvalue weighted by Gasteiger charge is 2.21. The van der Waals surface area contributed by atoms with Crippen LogP contribution in [0.15, 0.2) is 29.3 Å². The maximum absolute atomic E-state index is 12.4. The van der Waals surface area contributed by atoms with E-state index in [2.05, 4.69) is 24.1 Å². The van der Waals surface area contributed by atoms with Crippen LogP contribution in [-0.4, -0.2) is 67.1 Å². The predicted octanol–water partition coefficient (Wildman–Crippen LogP) is 3.14. The summed E-state index contributed by atoms with van der Waals surface area (Å²) < 4.78 is 5.75. The van der Waals surface area contributed by atoms with Gasteiger partial charge in [-0.2, -0.15) is 0 Å². The Bertz CT molecular complexity index is 618. The predicted molar refractivity (Wildman–Crippen MR) is 115 cm³/mol. The third kappa shape index (κ3) is 6.23. The second-order valence-electron chi connectivity index (χ2n) is 6.99. The van der Waals surface area contributed by atoms with Gasteiger partial charge in [0.25, 0.3) is 5.91 Å². The van der Waals surface area contributed by atoms with Crippen molar-refractivity contribution in [2.75, 3.05) is 39.3 Å². The summed E-state index contributed by atoms with van der Waals surface area (Å²) in [6, 6.07) is 7.83. The van der Waals surface area contributed by atoms with Gasteiger partial charge in [-0.1, -0.05) is 12.1 Å². The molecular weight excluding hydrogens is 352 g/mol. The van der Waals surface area contributed by atoms with Crippen LogP contribution >= 0.6 is 0 Å². The fraction of sp³-hybridized carbons (Fsp3) is 0.636. The van der Waals surface area contributed by atoms with Gasteiger partial charge in [-0.25, -0.2) is 4.99 Å². The van der Waals surface area contributed by atoms with Gasteiger partial charge in [0.15, 0.2) is 5.96 Å². The van der Waals surface area contributed by atoms with Crippen LogP contribution in [0.2, 0.25) is 0 Å². The molecule has 1 heterocycles. The largest absolute Gasteiger partial charge is 0.378 e. The summed E-state index contributed by atoms with van der Waals surface area (Å²) in [5.74, 6) is 1.05. The van der Waals surface area contributed by atoms with Gasteiger partial charge in [0, 0.05) is 44.9 Å². The number of amides is 1. The fourth-order valence-corrected chi connectivity index (χ4v) is 3.51. The minimum Gasteiger partial charge on any atom is -0.378 e. The SMILES string of the molecule is CCNC(=NCc1ccc(C(=O)N(CC)CC)cc1)N1CCC(OCC)CC1. The molecule has 0 unspecified atom stereocenters. The van der Waals surface area contributed by atoms with E-state index < -0.39 is 0 Å². The molecule has 1 N–H and O–H groups in total. The van der Waals surface area contributed by atoms with Crippen molar-refractivity contribution in [2.24, 2.45) is 4.99 Å². The molecule has 1 aliphatic heterocycles. The zero-order valence-corrected chi connectivity index (χ0v) is 17.9. The van der Waals surface area contributed by atoms with Crippen molar-refractivity contribution in [1.29, 1.82) is 0 Å². The van der Waals surface area contributed by atoms with E-state index in [4.69, 9.17) is 9.73 Å². The fourth-order valence-electron chi connectivity index (χ4n) is 3.51. The lowest BCUT2D eigenvalue weighted by Gasteiger charge is -2.34. The number of aliphatic imine (C=N–C) groups is 1. The van der Waals surface area contributed by atoms with Crippen LogP contribution in [0.5, 0.6) is 0 Å². The van der Waals surface area contributed by atoms with E-state index in [0.29, 0.717) is 12.6 Å². The van der Waals surface area contributed by atoms with Gasteiger partial charge in [0.05, 0.1) is 12.6 Å². The van der Waals surface area contributed by atoms with E-state index in [9.17, 15) is 4.79 Å². The van der Waals surface area contributed by atoms with Crippen molar-refractivity contribution in [3.63, 3.8) is 0 Å². The summed E-state index contributed by atoms with van der Waals surface area (Å²) in [7, 11) is 0. The average Bonchev–Trinajstić information content (AvgIpc) is 2.73. The number of hydrogen-bond donors (Lipinski definition) is 1. The van der Waals surface area contributed by atoms with Crippen molar-refractivity contribution < 1.29 is 9.53 Å². The average molecular weight is 389 g/mol. The summed E-state index contributed by atoms with van der Waals surface area (Å²) in [6.07, 6.45) is 2.46. The smallest absolute Gasteiger partial charge is 0.253 e. The molecule has 1 saturated heterocycles. The van der Waals surface area contributed by atoms with Crippen LogP contribution in [0.4, 0.5) is 0 Å². The van der Waals surface area contributed by atoms with E-state index in [1.54, 1.807) is 0 Å². The first kappa shape index (κ1) is 22.2. The molecule has 2 rings (SSSR count). The molecule has 156 valence electrons. The molecule has 1 amide bonds. The number of hydrogen-bond acceptors (Lipinski definition) is 3. The van der Waals surface area contributed by atoms with Crippen LogP contribution < -0.4 is 5.32 Å².